The maximum Gasteiger partial charge on any atom is 0.246 e. The molecule has 3 rings (SSSR count). The molecule has 0 saturated heterocycles. The van der Waals surface area contributed by atoms with Crippen LogP contribution in [-0.4, -0.2) is 44.1 Å². The van der Waals surface area contributed by atoms with Gasteiger partial charge in [0.1, 0.15) is 12.4 Å². The van der Waals surface area contributed by atoms with Crippen LogP contribution in [0.25, 0.3) is 11.4 Å². The molecule has 0 unspecified atom stereocenters. The number of nitrogens with zero attached hydrogens (tertiary/aromatic N) is 5. The van der Waals surface area contributed by atoms with Gasteiger partial charge in [-0.05, 0) is 61.1 Å². The molecule has 0 bridgehead atoms. The van der Waals surface area contributed by atoms with Gasteiger partial charge < -0.3 is 4.90 Å². The molecule has 0 N–H and O–H groups in total. The van der Waals surface area contributed by atoms with Crippen molar-refractivity contribution in [1.82, 2.24) is 25.1 Å². The molecular formula is C17H22FN5O. The Kier molecular flexibility index (Phi) is 4.87. The summed E-state index contributed by atoms with van der Waals surface area (Å²) in [5, 5.41) is 12.1. The van der Waals surface area contributed by atoms with Crippen LogP contribution in [0.1, 0.15) is 32.6 Å². The SMILES string of the molecule is CC1CCC(N(C)C(=O)Cn2nnc(-c3ccc(F)cc3)n2)CC1. The van der Waals surface area contributed by atoms with Crippen LogP contribution in [0.2, 0.25) is 0 Å². The average Bonchev–Trinajstić information content (AvgIpc) is 3.04. The topological polar surface area (TPSA) is 63.9 Å². The number of carbonyl (C=O) groups is 1. The van der Waals surface area contributed by atoms with Crippen molar-refractivity contribution < 1.29 is 9.18 Å². The number of rotatable bonds is 4. The van der Waals surface area contributed by atoms with E-state index in [4.69, 9.17) is 0 Å². The number of tetrazole rings is 1. The van der Waals surface area contributed by atoms with Crippen LogP contribution < -0.4 is 0 Å². The van der Waals surface area contributed by atoms with E-state index in [9.17, 15) is 9.18 Å². The van der Waals surface area contributed by atoms with Crippen molar-refractivity contribution in [3.63, 3.8) is 0 Å². The molecule has 24 heavy (non-hydrogen) atoms. The highest BCUT2D eigenvalue weighted by atomic mass is 19.1. The van der Waals surface area contributed by atoms with Gasteiger partial charge in [0.05, 0.1) is 0 Å². The normalized spacial score (nSPS) is 20.8. The average molecular weight is 331 g/mol. The fourth-order valence-corrected chi connectivity index (χ4v) is 3.09. The Morgan fingerprint density at radius 2 is 1.92 bits per heavy atom. The van der Waals surface area contributed by atoms with Crippen LogP contribution in [-0.2, 0) is 11.3 Å². The Bertz CT molecular complexity index is 691. The van der Waals surface area contributed by atoms with Crippen LogP contribution in [0, 0.1) is 11.7 Å². The number of halogens is 1. The smallest absolute Gasteiger partial charge is 0.246 e. The molecule has 1 heterocycles. The number of benzene rings is 1. The summed E-state index contributed by atoms with van der Waals surface area (Å²) in [5.74, 6) is 0.805. The summed E-state index contributed by atoms with van der Waals surface area (Å²) < 4.78 is 13.0. The first-order chi connectivity index (χ1) is 11.5. The van der Waals surface area contributed by atoms with E-state index in [0.29, 0.717) is 17.4 Å². The molecule has 0 radical (unpaired) electrons. The van der Waals surface area contributed by atoms with Crippen molar-refractivity contribution in [2.75, 3.05) is 7.05 Å². The fourth-order valence-electron chi connectivity index (χ4n) is 3.09. The first-order valence-corrected chi connectivity index (χ1v) is 8.32. The summed E-state index contributed by atoms with van der Waals surface area (Å²) in [4.78, 5) is 15.5. The molecule has 0 atom stereocenters. The Morgan fingerprint density at radius 1 is 1.25 bits per heavy atom. The van der Waals surface area contributed by atoms with Gasteiger partial charge in [-0.15, -0.1) is 10.2 Å². The molecule has 6 nitrogen and oxygen atoms in total. The second-order valence-corrected chi connectivity index (χ2v) is 6.57. The van der Waals surface area contributed by atoms with Crippen molar-refractivity contribution in [2.45, 2.75) is 45.2 Å². The molecule has 1 aromatic carbocycles. The lowest BCUT2D eigenvalue weighted by molar-refractivity contribution is -0.133. The molecule has 1 aromatic heterocycles. The van der Waals surface area contributed by atoms with Crippen molar-refractivity contribution in [1.29, 1.82) is 0 Å². The van der Waals surface area contributed by atoms with Gasteiger partial charge in [-0.1, -0.05) is 6.92 Å². The number of amides is 1. The van der Waals surface area contributed by atoms with Gasteiger partial charge in [0.2, 0.25) is 11.7 Å². The Morgan fingerprint density at radius 3 is 2.58 bits per heavy atom. The van der Waals surface area contributed by atoms with Crippen molar-refractivity contribution in [3.8, 4) is 11.4 Å². The summed E-state index contributed by atoms with van der Waals surface area (Å²) in [6, 6.07) is 6.17. The minimum atomic E-state index is -0.315. The van der Waals surface area contributed by atoms with Crippen LogP contribution in [0.5, 0.6) is 0 Å². The van der Waals surface area contributed by atoms with Gasteiger partial charge in [0.25, 0.3) is 0 Å². The molecule has 0 aliphatic heterocycles. The number of aromatic nitrogens is 4. The maximum absolute atomic E-state index is 13.0. The predicted octanol–water partition coefficient (Wildman–Crippen LogP) is 2.52. The lowest BCUT2D eigenvalue weighted by Gasteiger charge is -2.33. The molecule has 1 aliphatic carbocycles. The van der Waals surface area contributed by atoms with Crippen molar-refractivity contribution >= 4 is 5.91 Å². The third kappa shape index (κ3) is 3.77. The summed E-state index contributed by atoms with van der Waals surface area (Å²) in [6.45, 7) is 2.32. The zero-order valence-corrected chi connectivity index (χ0v) is 14.0. The Balaban J connectivity index is 1.61. The minimum Gasteiger partial charge on any atom is -0.341 e. The summed E-state index contributed by atoms with van der Waals surface area (Å²) >= 11 is 0. The highest BCUT2D eigenvalue weighted by Gasteiger charge is 2.25. The quantitative estimate of drug-likeness (QED) is 0.863. The Hall–Kier alpha value is -2.31. The number of hydrogen-bond acceptors (Lipinski definition) is 4. The minimum absolute atomic E-state index is 0.0161. The Labute approximate surface area is 140 Å². The van der Waals surface area contributed by atoms with E-state index >= 15 is 0 Å². The second kappa shape index (κ2) is 7.07. The van der Waals surface area contributed by atoms with E-state index in [0.717, 1.165) is 18.8 Å². The predicted molar refractivity (Wildman–Crippen MR) is 87.4 cm³/mol. The molecule has 2 aromatic rings. The third-order valence-corrected chi connectivity index (χ3v) is 4.76. The van der Waals surface area contributed by atoms with Crippen molar-refractivity contribution in [2.24, 2.45) is 5.92 Å². The highest BCUT2D eigenvalue weighted by molar-refractivity contribution is 5.75. The summed E-state index contributed by atoms with van der Waals surface area (Å²) in [6.07, 6.45) is 4.43. The maximum atomic E-state index is 13.0. The molecule has 0 spiro atoms. The fraction of sp³-hybridized carbons (Fsp3) is 0.529. The number of hydrogen-bond donors (Lipinski definition) is 0. The van der Waals surface area contributed by atoms with Crippen LogP contribution >= 0.6 is 0 Å². The van der Waals surface area contributed by atoms with E-state index in [1.807, 2.05) is 11.9 Å². The van der Waals surface area contributed by atoms with E-state index in [1.165, 1.54) is 29.8 Å². The van der Waals surface area contributed by atoms with Gasteiger partial charge in [-0.25, -0.2) is 4.39 Å². The first-order valence-electron chi connectivity index (χ1n) is 8.32. The first kappa shape index (κ1) is 16.5. The van der Waals surface area contributed by atoms with Gasteiger partial charge in [-0.3, -0.25) is 4.79 Å². The van der Waals surface area contributed by atoms with Crippen LogP contribution in [0.3, 0.4) is 0 Å². The molecule has 1 saturated carbocycles. The van der Waals surface area contributed by atoms with Gasteiger partial charge in [0.15, 0.2) is 0 Å². The number of likely N-dealkylation sites (N-methyl/N-ethyl adjacent to an activating group) is 1. The summed E-state index contributed by atoms with van der Waals surface area (Å²) in [7, 11) is 1.85. The molecule has 7 heteroatoms. The highest BCUT2D eigenvalue weighted by Crippen LogP contribution is 2.26. The van der Waals surface area contributed by atoms with E-state index in [1.54, 1.807) is 12.1 Å². The van der Waals surface area contributed by atoms with E-state index in [2.05, 4.69) is 22.3 Å². The molecular weight excluding hydrogens is 309 g/mol. The largest absolute Gasteiger partial charge is 0.341 e. The van der Waals surface area contributed by atoms with Crippen molar-refractivity contribution in [3.05, 3.63) is 30.1 Å². The monoisotopic (exact) mass is 331 g/mol. The van der Waals surface area contributed by atoms with Gasteiger partial charge in [-0.2, -0.15) is 4.80 Å². The molecule has 128 valence electrons. The third-order valence-electron chi connectivity index (χ3n) is 4.76. The number of carbonyl (C=O) groups excluding carboxylic acids is 1. The zero-order chi connectivity index (χ0) is 17.1. The standard InChI is InChI=1S/C17H22FN5O/c1-12-3-9-15(10-4-12)22(2)16(24)11-23-20-17(19-21-23)13-5-7-14(18)8-6-13/h5-8,12,15H,3-4,9-11H2,1-2H3. The lowest BCUT2D eigenvalue weighted by Crippen LogP contribution is -2.41. The molecule has 1 aliphatic rings. The van der Waals surface area contributed by atoms with Gasteiger partial charge in [0, 0.05) is 18.7 Å². The van der Waals surface area contributed by atoms with E-state index in [-0.39, 0.29) is 18.3 Å². The van der Waals surface area contributed by atoms with Crippen LogP contribution in [0.4, 0.5) is 4.39 Å². The summed E-state index contributed by atoms with van der Waals surface area (Å²) in [5.41, 5.74) is 0.671. The molecule has 1 amide bonds. The lowest BCUT2D eigenvalue weighted by atomic mass is 9.87. The van der Waals surface area contributed by atoms with E-state index < -0.39 is 0 Å². The second-order valence-electron chi connectivity index (χ2n) is 6.57. The molecule has 1 fully saturated rings. The van der Waals surface area contributed by atoms with Crippen LogP contribution in [0.15, 0.2) is 24.3 Å². The van der Waals surface area contributed by atoms with Gasteiger partial charge >= 0.3 is 0 Å². The zero-order valence-electron chi connectivity index (χ0n) is 14.0.